The molecule has 0 aromatic carbocycles. The maximum Gasteiger partial charge on any atom is 0.158 e. The van der Waals surface area contributed by atoms with Crippen molar-refractivity contribution in [1.82, 2.24) is 15.4 Å². The largest absolute Gasteiger partial charge is 0.158 e. The summed E-state index contributed by atoms with van der Waals surface area (Å²) in [5, 5.41) is 11.2. The first-order chi connectivity index (χ1) is 4.79. The van der Waals surface area contributed by atoms with Gasteiger partial charge in [0, 0.05) is 0 Å². The molecular formula is C4H3Cl2N3S. The molecule has 1 aromatic heterocycles. The second-order valence-corrected chi connectivity index (χ2v) is 4.08. The average Bonchev–Trinajstić information content (AvgIpc) is 1.88. The molecule has 0 fully saturated rings. The van der Waals surface area contributed by atoms with Crippen LogP contribution >= 0.6 is 35.0 Å². The van der Waals surface area contributed by atoms with Gasteiger partial charge in [0.05, 0.1) is 6.20 Å². The van der Waals surface area contributed by atoms with Gasteiger partial charge in [-0.1, -0.05) is 35.0 Å². The van der Waals surface area contributed by atoms with Crippen LogP contribution in [0.5, 0.6) is 0 Å². The summed E-state index contributed by atoms with van der Waals surface area (Å²) in [5.41, 5.74) is 0. The van der Waals surface area contributed by atoms with Crippen LogP contribution in [0.15, 0.2) is 17.3 Å². The van der Waals surface area contributed by atoms with Crippen molar-refractivity contribution in [3.05, 3.63) is 12.3 Å². The van der Waals surface area contributed by atoms with Crippen LogP contribution in [-0.2, 0) is 0 Å². The van der Waals surface area contributed by atoms with Gasteiger partial charge in [-0.25, -0.2) is 0 Å². The highest BCUT2D eigenvalue weighted by Crippen LogP contribution is 2.25. The summed E-state index contributed by atoms with van der Waals surface area (Å²) in [7, 11) is 0. The minimum absolute atomic E-state index is 0.503. The molecule has 6 heteroatoms. The number of alkyl halides is 2. The van der Waals surface area contributed by atoms with Crippen LogP contribution in [-0.4, -0.2) is 19.6 Å². The summed E-state index contributed by atoms with van der Waals surface area (Å²) < 4.78 is -0.503. The molecule has 0 aliphatic rings. The molecule has 1 aromatic rings. The second kappa shape index (κ2) is 3.95. The fourth-order valence-electron chi connectivity index (χ4n) is 0.384. The van der Waals surface area contributed by atoms with Crippen LogP contribution in [0.25, 0.3) is 0 Å². The van der Waals surface area contributed by atoms with E-state index in [1.807, 2.05) is 0 Å². The van der Waals surface area contributed by atoms with Crippen LogP contribution in [0.1, 0.15) is 0 Å². The predicted octanol–water partition coefficient (Wildman–Crippen LogP) is 1.72. The van der Waals surface area contributed by atoms with E-state index >= 15 is 0 Å². The van der Waals surface area contributed by atoms with E-state index in [1.165, 1.54) is 18.0 Å². The number of hydrogen-bond acceptors (Lipinski definition) is 4. The number of hydrogen-bond donors (Lipinski definition) is 0. The molecule has 0 unspecified atom stereocenters. The molecule has 0 N–H and O–H groups in total. The lowest BCUT2D eigenvalue weighted by Gasteiger charge is -1.95. The lowest BCUT2D eigenvalue weighted by Crippen LogP contribution is -1.88. The first kappa shape index (κ1) is 8.04. The van der Waals surface area contributed by atoms with Crippen LogP contribution in [0, 0.1) is 0 Å². The molecule has 0 saturated carbocycles. The first-order valence-electron chi connectivity index (χ1n) is 2.38. The van der Waals surface area contributed by atoms with Gasteiger partial charge in [-0.05, 0) is 11.3 Å². The zero-order valence-electron chi connectivity index (χ0n) is 4.74. The topological polar surface area (TPSA) is 38.7 Å². The Morgan fingerprint density at radius 1 is 1.50 bits per heavy atom. The van der Waals surface area contributed by atoms with Crippen LogP contribution in [0.3, 0.4) is 0 Å². The lowest BCUT2D eigenvalue weighted by molar-refractivity contribution is 0.804. The fraction of sp³-hybridized carbons (Fsp3) is 0.250. The Labute approximate surface area is 72.1 Å². The Bertz CT molecular complexity index is 193. The Hall–Kier alpha value is -0.0600. The molecule has 0 aliphatic carbocycles. The van der Waals surface area contributed by atoms with E-state index in [2.05, 4.69) is 15.4 Å². The van der Waals surface area contributed by atoms with Crippen molar-refractivity contribution in [2.75, 3.05) is 0 Å². The van der Waals surface area contributed by atoms with Crippen molar-refractivity contribution in [3.63, 3.8) is 0 Å². The molecule has 0 saturated heterocycles. The van der Waals surface area contributed by atoms with Crippen molar-refractivity contribution < 1.29 is 0 Å². The van der Waals surface area contributed by atoms with Gasteiger partial charge in [0.2, 0.25) is 0 Å². The minimum Gasteiger partial charge on any atom is -0.139 e. The molecule has 3 nitrogen and oxygen atoms in total. The van der Waals surface area contributed by atoms with Gasteiger partial charge in [0.15, 0.2) is 4.17 Å². The van der Waals surface area contributed by atoms with Gasteiger partial charge < -0.3 is 0 Å². The molecular weight excluding hydrogens is 193 g/mol. The summed E-state index contributed by atoms with van der Waals surface area (Å²) in [4.78, 5) is 0. The predicted molar refractivity (Wildman–Crippen MR) is 41.2 cm³/mol. The number of aromatic nitrogens is 3. The van der Waals surface area contributed by atoms with E-state index in [0.29, 0.717) is 5.03 Å². The van der Waals surface area contributed by atoms with Gasteiger partial charge >= 0.3 is 0 Å². The maximum absolute atomic E-state index is 5.45. The van der Waals surface area contributed by atoms with E-state index < -0.39 is 4.17 Å². The van der Waals surface area contributed by atoms with Gasteiger partial charge in [0.1, 0.15) is 5.03 Å². The molecule has 0 spiro atoms. The highest BCUT2D eigenvalue weighted by Gasteiger charge is 2.01. The quantitative estimate of drug-likeness (QED) is 0.533. The van der Waals surface area contributed by atoms with Gasteiger partial charge in [-0.2, -0.15) is 0 Å². The summed E-state index contributed by atoms with van der Waals surface area (Å²) in [6, 6.07) is 1.69. The van der Waals surface area contributed by atoms with Gasteiger partial charge in [-0.15, -0.1) is 10.2 Å². The smallest absolute Gasteiger partial charge is 0.139 e. The Morgan fingerprint density at radius 2 is 2.30 bits per heavy atom. The zero-order valence-corrected chi connectivity index (χ0v) is 7.07. The molecule has 1 heterocycles. The van der Waals surface area contributed by atoms with E-state index in [4.69, 9.17) is 23.2 Å². The number of halogens is 2. The normalized spacial score (nSPS) is 10.3. The summed E-state index contributed by atoms with van der Waals surface area (Å²) in [5.74, 6) is 0. The standard InChI is InChI=1S/C4H3Cl2N3S/c5-4(6)10-3-1-2-7-9-8-3/h1-2,4H. The van der Waals surface area contributed by atoms with Crippen molar-refractivity contribution in [1.29, 1.82) is 0 Å². The third kappa shape index (κ3) is 2.68. The number of nitrogens with zero attached hydrogens (tertiary/aromatic N) is 3. The van der Waals surface area contributed by atoms with E-state index in [1.54, 1.807) is 6.07 Å². The Kier molecular flexibility index (Phi) is 3.18. The summed E-state index contributed by atoms with van der Waals surface area (Å²) >= 11 is 12.1. The molecule has 54 valence electrons. The summed E-state index contributed by atoms with van der Waals surface area (Å²) in [6.07, 6.45) is 1.53. The molecule has 10 heavy (non-hydrogen) atoms. The van der Waals surface area contributed by atoms with Crippen molar-refractivity contribution >= 4 is 35.0 Å². The second-order valence-electron chi connectivity index (χ2n) is 1.34. The first-order valence-corrected chi connectivity index (χ1v) is 4.13. The molecule has 0 bridgehead atoms. The average molecular weight is 196 g/mol. The van der Waals surface area contributed by atoms with Crippen molar-refractivity contribution in [3.8, 4) is 0 Å². The number of rotatable bonds is 2. The Morgan fingerprint density at radius 3 is 2.80 bits per heavy atom. The molecule has 1 rings (SSSR count). The van der Waals surface area contributed by atoms with E-state index in [0.717, 1.165) is 0 Å². The maximum atomic E-state index is 5.45. The molecule has 0 aliphatic heterocycles. The third-order valence-electron chi connectivity index (χ3n) is 0.689. The highest BCUT2D eigenvalue weighted by atomic mass is 35.5. The highest BCUT2D eigenvalue weighted by molar-refractivity contribution is 8.02. The van der Waals surface area contributed by atoms with Crippen molar-refractivity contribution in [2.24, 2.45) is 0 Å². The number of thioether (sulfide) groups is 1. The van der Waals surface area contributed by atoms with Gasteiger partial charge in [0.25, 0.3) is 0 Å². The monoisotopic (exact) mass is 195 g/mol. The third-order valence-corrected chi connectivity index (χ3v) is 1.86. The molecule has 0 radical (unpaired) electrons. The minimum atomic E-state index is -0.503. The van der Waals surface area contributed by atoms with Gasteiger partial charge in [-0.3, -0.25) is 0 Å². The van der Waals surface area contributed by atoms with Crippen LogP contribution in [0.4, 0.5) is 0 Å². The van der Waals surface area contributed by atoms with Crippen LogP contribution in [0.2, 0.25) is 0 Å². The fourth-order valence-corrected chi connectivity index (χ4v) is 1.34. The Balaban J connectivity index is 2.59. The van der Waals surface area contributed by atoms with Crippen molar-refractivity contribution in [2.45, 2.75) is 9.19 Å². The molecule has 0 amide bonds. The summed E-state index contributed by atoms with van der Waals surface area (Å²) in [6.45, 7) is 0. The SMILES string of the molecule is ClC(Cl)Sc1ccnnn1. The lowest BCUT2D eigenvalue weighted by atomic mass is 10.7. The molecule has 0 atom stereocenters. The van der Waals surface area contributed by atoms with Crippen LogP contribution < -0.4 is 0 Å². The van der Waals surface area contributed by atoms with E-state index in [-0.39, 0.29) is 0 Å². The zero-order chi connectivity index (χ0) is 7.40. The van der Waals surface area contributed by atoms with E-state index in [9.17, 15) is 0 Å².